The smallest absolute Gasteiger partial charge is 0.220 e. The summed E-state index contributed by atoms with van der Waals surface area (Å²) in [5.41, 5.74) is 1.05. The van der Waals surface area contributed by atoms with Gasteiger partial charge in [-0.2, -0.15) is 0 Å². The Labute approximate surface area is 127 Å². The molecule has 1 aromatic rings. The van der Waals surface area contributed by atoms with Gasteiger partial charge in [0.2, 0.25) is 5.91 Å². The van der Waals surface area contributed by atoms with Gasteiger partial charge < -0.3 is 15.1 Å². The van der Waals surface area contributed by atoms with Crippen molar-refractivity contribution in [3.8, 4) is 0 Å². The Kier molecular flexibility index (Phi) is 5.99. The maximum atomic E-state index is 11.6. The first kappa shape index (κ1) is 15.8. The van der Waals surface area contributed by atoms with Crippen LogP contribution in [0.3, 0.4) is 0 Å². The molecular formula is C16H26N4O. The van der Waals surface area contributed by atoms with Crippen LogP contribution in [0, 0.1) is 0 Å². The molecule has 1 N–H and O–H groups in total. The number of amides is 1. The Hall–Kier alpha value is -1.62. The first-order chi connectivity index (χ1) is 10.2. The molecule has 2 rings (SSSR count). The standard InChI is InChI=1S/C16H26N4O/c1-3-4-5-16(21)18-13-14-6-7-15(17-12-14)20-10-8-19(2)9-11-20/h6-7,12H,3-5,8-11,13H2,1-2H3,(H,18,21). The van der Waals surface area contributed by atoms with E-state index >= 15 is 0 Å². The lowest BCUT2D eigenvalue weighted by Gasteiger charge is -2.33. The number of nitrogens with one attached hydrogen (secondary N) is 1. The minimum atomic E-state index is 0.125. The molecule has 0 saturated carbocycles. The van der Waals surface area contributed by atoms with Crippen LogP contribution in [0.25, 0.3) is 0 Å². The molecule has 1 saturated heterocycles. The first-order valence-electron chi connectivity index (χ1n) is 7.84. The minimum absolute atomic E-state index is 0.125. The van der Waals surface area contributed by atoms with E-state index in [1.807, 2.05) is 6.20 Å². The molecule has 1 fully saturated rings. The van der Waals surface area contributed by atoms with Crippen molar-refractivity contribution in [2.75, 3.05) is 38.1 Å². The van der Waals surface area contributed by atoms with Gasteiger partial charge in [0, 0.05) is 45.3 Å². The Bertz CT molecular complexity index is 438. The topological polar surface area (TPSA) is 48.5 Å². The summed E-state index contributed by atoms with van der Waals surface area (Å²) in [5.74, 6) is 1.16. The molecule has 0 unspecified atom stereocenters. The summed E-state index contributed by atoms with van der Waals surface area (Å²) in [6.45, 7) is 6.87. The fourth-order valence-corrected chi connectivity index (χ4v) is 2.37. The molecule has 0 aromatic carbocycles. The molecule has 1 amide bonds. The van der Waals surface area contributed by atoms with Crippen molar-refractivity contribution in [2.45, 2.75) is 32.7 Å². The highest BCUT2D eigenvalue weighted by atomic mass is 16.1. The quantitative estimate of drug-likeness (QED) is 0.865. The summed E-state index contributed by atoms with van der Waals surface area (Å²) < 4.78 is 0. The van der Waals surface area contributed by atoms with Gasteiger partial charge in [0.1, 0.15) is 5.82 Å². The summed E-state index contributed by atoms with van der Waals surface area (Å²) in [6, 6.07) is 4.11. The Morgan fingerprint density at radius 2 is 2.05 bits per heavy atom. The molecule has 2 heterocycles. The molecule has 21 heavy (non-hydrogen) atoms. The highest BCUT2D eigenvalue weighted by Crippen LogP contribution is 2.13. The van der Waals surface area contributed by atoms with Crippen molar-refractivity contribution in [1.82, 2.24) is 15.2 Å². The van der Waals surface area contributed by atoms with E-state index in [0.29, 0.717) is 13.0 Å². The number of likely N-dealkylation sites (N-methyl/N-ethyl adjacent to an activating group) is 1. The molecule has 5 heteroatoms. The molecular weight excluding hydrogens is 264 g/mol. The fraction of sp³-hybridized carbons (Fsp3) is 0.625. The van der Waals surface area contributed by atoms with Crippen molar-refractivity contribution in [1.29, 1.82) is 0 Å². The maximum absolute atomic E-state index is 11.6. The third-order valence-corrected chi connectivity index (χ3v) is 3.88. The SMILES string of the molecule is CCCCC(=O)NCc1ccc(N2CCN(C)CC2)nc1. The van der Waals surface area contributed by atoms with Crippen LogP contribution >= 0.6 is 0 Å². The second-order valence-corrected chi connectivity index (χ2v) is 5.70. The van der Waals surface area contributed by atoms with Crippen molar-refractivity contribution < 1.29 is 4.79 Å². The van der Waals surface area contributed by atoms with E-state index in [1.54, 1.807) is 0 Å². The normalized spacial score (nSPS) is 16.0. The van der Waals surface area contributed by atoms with Crippen LogP contribution in [-0.2, 0) is 11.3 Å². The van der Waals surface area contributed by atoms with Gasteiger partial charge in [-0.1, -0.05) is 19.4 Å². The van der Waals surface area contributed by atoms with E-state index in [-0.39, 0.29) is 5.91 Å². The van der Waals surface area contributed by atoms with Gasteiger partial charge in [-0.3, -0.25) is 4.79 Å². The van der Waals surface area contributed by atoms with Gasteiger partial charge in [0.15, 0.2) is 0 Å². The average Bonchev–Trinajstić information content (AvgIpc) is 2.52. The van der Waals surface area contributed by atoms with Crippen LogP contribution in [0.1, 0.15) is 31.7 Å². The van der Waals surface area contributed by atoms with Crippen molar-refractivity contribution in [3.63, 3.8) is 0 Å². The largest absolute Gasteiger partial charge is 0.354 e. The number of pyridine rings is 1. The van der Waals surface area contributed by atoms with Crippen molar-refractivity contribution in [2.24, 2.45) is 0 Å². The summed E-state index contributed by atoms with van der Waals surface area (Å²) in [4.78, 5) is 20.7. The minimum Gasteiger partial charge on any atom is -0.354 e. The third kappa shape index (κ3) is 5.01. The van der Waals surface area contributed by atoms with Gasteiger partial charge >= 0.3 is 0 Å². The molecule has 0 bridgehead atoms. The number of hydrogen-bond acceptors (Lipinski definition) is 4. The molecule has 116 valence electrons. The lowest BCUT2D eigenvalue weighted by Crippen LogP contribution is -2.44. The van der Waals surface area contributed by atoms with Gasteiger partial charge in [-0.15, -0.1) is 0 Å². The summed E-state index contributed by atoms with van der Waals surface area (Å²) >= 11 is 0. The fourth-order valence-electron chi connectivity index (χ4n) is 2.37. The van der Waals surface area contributed by atoms with Crippen LogP contribution < -0.4 is 10.2 Å². The van der Waals surface area contributed by atoms with E-state index in [2.05, 4.69) is 46.2 Å². The van der Waals surface area contributed by atoms with Crippen LogP contribution in [0.2, 0.25) is 0 Å². The number of aromatic nitrogens is 1. The van der Waals surface area contributed by atoms with Crippen LogP contribution in [0.5, 0.6) is 0 Å². The Morgan fingerprint density at radius 1 is 1.29 bits per heavy atom. The number of anilines is 1. The molecule has 0 spiro atoms. The lowest BCUT2D eigenvalue weighted by atomic mass is 10.2. The molecule has 1 aromatic heterocycles. The number of piperazine rings is 1. The summed E-state index contributed by atoms with van der Waals surface area (Å²) in [5, 5.41) is 2.94. The number of rotatable bonds is 6. The van der Waals surface area contributed by atoms with E-state index < -0.39 is 0 Å². The molecule has 0 radical (unpaired) electrons. The number of unbranched alkanes of at least 4 members (excludes halogenated alkanes) is 1. The van der Waals surface area contributed by atoms with Crippen molar-refractivity contribution >= 4 is 11.7 Å². The van der Waals surface area contributed by atoms with Gasteiger partial charge in [0.25, 0.3) is 0 Å². The number of nitrogens with zero attached hydrogens (tertiary/aromatic N) is 3. The van der Waals surface area contributed by atoms with E-state index in [1.165, 1.54) is 0 Å². The van der Waals surface area contributed by atoms with Crippen LogP contribution in [0.4, 0.5) is 5.82 Å². The monoisotopic (exact) mass is 290 g/mol. The molecule has 5 nitrogen and oxygen atoms in total. The Morgan fingerprint density at radius 3 is 2.67 bits per heavy atom. The maximum Gasteiger partial charge on any atom is 0.220 e. The predicted molar refractivity (Wildman–Crippen MR) is 85.3 cm³/mol. The Balaban J connectivity index is 1.80. The van der Waals surface area contributed by atoms with Gasteiger partial charge in [-0.25, -0.2) is 4.98 Å². The first-order valence-corrected chi connectivity index (χ1v) is 7.84. The van der Waals surface area contributed by atoms with Crippen LogP contribution in [0.15, 0.2) is 18.3 Å². The van der Waals surface area contributed by atoms with Gasteiger partial charge in [0.05, 0.1) is 0 Å². The highest BCUT2D eigenvalue weighted by Gasteiger charge is 2.14. The van der Waals surface area contributed by atoms with E-state index in [0.717, 1.165) is 50.4 Å². The highest BCUT2D eigenvalue weighted by molar-refractivity contribution is 5.75. The van der Waals surface area contributed by atoms with E-state index in [9.17, 15) is 4.79 Å². The second kappa shape index (κ2) is 7.98. The zero-order valence-electron chi connectivity index (χ0n) is 13.1. The lowest BCUT2D eigenvalue weighted by molar-refractivity contribution is -0.121. The molecule has 0 atom stereocenters. The molecule has 1 aliphatic heterocycles. The van der Waals surface area contributed by atoms with E-state index in [4.69, 9.17) is 0 Å². The van der Waals surface area contributed by atoms with Crippen LogP contribution in [-0.4, -0.2) is 49.0 Å². The third-order valence-electron chi connectivity index (χ3n) is 3.88. The van der Waals surface area contributed by atoms with Gasteiger partial charge in [-0.05, 0) is 25.1 Å². The zero-order chi connectivity index (χ0) is 15.1. The second-order valence-electron chi connectivity index (χ2n) is 5.70. The number of carbonyl (C=O) groups excluding carboxylic acids is 1. The summed E-state index contributed by atoms with van der Waals surface area (Å²) in [7, 11) is 2.15. The van der Waals surface area contributed by atoms with Crippen molar-refractivity contribution in [3.05, 3.63) is 23.9 Å². The number of carbonyl (C=O) groups is 1. The molecule has 0 aliphatic carbocycles. The zero-order valence-corrected chi connectivity index (χ0v) is 13.1. The average molecular weight is 290 g/mol. The summed E-state index contributed by atoms with van der Waals surface area (Å²) in [6.07, 6.45) is 4.48. The number of hydrogen-bond donors (Lipinski definition) is 1. The molecule has 1 aliphatic rings. The predicted octanol–water partition coefficient (Wildman–Crippen LogP) is 1.64.